The molecule has 5 nitrogen and oxygen atoms in total. The van der Waals surface area contributed by atoms with Gasteiger partial charge in [-0.15, -0.1) is 0 Å². The molecule has 0 unspecified atom stereocenters. The SMILES string of the molecule is O=C(OC(C(F)(F)F)C(F)(F)F)N1CCC2(CCN(Cc3ccc4c(c3)COC4)C2)CC1. The van der Waals surface area contributed by atoms with Crippen LogP contribution >= 0.6 is 0 Å². The van der Waals surface area contributed by atoms with Crippen LogP contribution in [0.4, 0.5) is 31.1 Å². The summed E-state index contributed by atoms with van der Waals surface area (Å²) in [4.78, 5) is 15.2. The summed E-state index contributed by atoms with van der Waals surface area (Å²) in [6.07, 6.45) is -15.2. The van der Waals surface area contributed by atoms with Crippen LogP contribution in [0.25, 0.3) is 0 Å². The molecule has 0 radical (unpaired) electrons. The Kier molecular flexibility index (Phi) is 6.08. The van der Waals surface area contributed by atoms with Crippen LogP contribution in [0.15, 0.2) is 18.2 Å². The fourth-order valence-corrected chi connectivity index (χ4v) is 4.81. The highest BCUT2D eigenvalue weighted by Crippen LogP contribution is 2.42. The predicted molar refractivity (Wildman–Crippen MR) is 100 cm³/mol. The first-order valence-corrected chi connectivity index (χ1v) is 10.5. The molecule has 3 aliphatic heterocycles. The smallest absolute Gasteiger partial charge is 0.426 e. The second-order valence-corrected chi connectivity index (χ2v) is 8.89. The topological polar surface area (TPSA) is 42.0 Å². The van der Waals surface area contributed by atoms with Gasteiger partial charge in [-0.1, -0.05) is 18.2 Å². The van der Waals surface area contributed by atoms with Crippen molar-refractivity contribution in [2.75, 3.05) is 26.2 Å². The van der Waals surface area contributed by atoms with Gasteiger partial charge in [0.05, 0.1) is 13.2 Å². The van der Waals surface area contributed by atoms with E-state index in [9.17, 15) is 31.1 Å². The van der Waals surface area contributed by atoms with Crippen molar-refractivity contribution in [1.29, 1.82) is 0 Å². The van der Waals surface area contributed by atoms with Gasteiger partial charge in [-0.25, -0.2) is 4.79 Å². The summed E-state index contributed by atoms with van der Waals surface area (Å²) >= 11 is 0. The molecule has 1 amide bonds. The van der Waals surface area contributed by atoms with Crippen LogP contribution in [0, 0.1) is 5.41 Å². The van der Waals surface area contributed by atoms with Crippen LogP contribution in [-0.4, -0.2) is 60.5 Å². The number of fused-ring (bicyclic) bond motifs is 1. The predicted octanol–water partition coefficient (Wildman–Crippen LogP) is 4.63. The molecule has 0 N–H and O–H groups in total. The minimum Gasteiger partial charge on any atom is -0.426 e. The second-order valence-electron chi connectivity index (χ2n) is 8.89. The maximum absolute atomic E-state index is 12.7. The van der Waals surface area contributed by atoms with E-state index in [1.165, 1.54) is 16.7 Å². The van der Waals surface area contributed by atoms with Crippen LogP contribution in [0.3, 0.4) is 0 Å². The van der Waals surface area contributed by atoms with Crippen molar-refractivity contribution >= 4 is 6.09 Å². The Bertz CT molecular complexity index is 835. The van der Waals surface area contributed by atoms with Crippen molar-refractivity contribution in [3.05, 3.63) is 34.9 Å². The number of piperidine rings is 1. The summed E-state index contributed by atoms with van der Waals surface area (Å²) in [5.41, 5.74) is 3.48. The van der Waals surface area contributed by atoms with Crippen LogP contribution in [-0.2, 0) is 29.2 Å². The third kappa shape index (κ3) is 4.98. The normalized spacial score (nSPS) is 21.4. The van der Waals surface area contributed by atoms with E-state index in [0.717, 1.165) is 31.0 Å². The van der Waals surface area contributed by atoms with Crippen molar-refractivity contribution in [2.24, 2.45) is 5.41 Å². The highest BCUT2D eigenvalue weighted by Gasteiger charge is 2.60. The molecule has 32 heavy (non-hydrogen) atoms. The van der Waals surface area contributed by atoms with Crippen LogP contribution in [0.2, 0.25) is 0 Å². The van der Waals surface area contributed by atoms with Crippen molar-refractivity contribution < 1.29 is 40.6 Å². The summed E-state index contributed by atoms with van der Waals surface area (Å²) < 4.78 is 85.2. The van der Waals surface area contributed by atoms with Gasteiger partial charge in [0.15, 0.2) is 0 Å². The molecular weight excluding hydrogens is 442 g/mol. The third-order valence-electron chi connectivity index (χ3n) is 6.60. The monoisotopic (exact) mass is 466 g/mol. The minimum absolute atomic E-state index is 0.0747. The number of rotatable bonds is 3. The van der Waals surface area contributed by atoms with Gasteiger partial charge < -0.3 is 14.4 Å². The molecule has 178 valence electrons. The molecule has 0 atom stereocenters. The molecule has 4 rings (SSSR count). The van der Waals surface area contributed by atoms with Gasteiger partial charge in [-0.3, -0.25) is 4.90 Å². The molecule has 1 spiro atoms. The zero-order chi connectivity index (χ0) is 23.1. The number of amides is 1. The second kappa shape index (κ2) is 8.40. The first kappa shape index (κ1) is 23.2. The quantitative estimate of drug-likeness (QED) is 0.609. The van der Waals surface area contributed by atoms with Gasteiger partial charge in [-0.2, -0.15) is 26.3 Å². The number of nitrogens with zero attached hydrogens (tertiary/aromatic N) is 2. The fourth-order valence-electron chi connectivity index (χ4n) is 4.81. The maximum atomic E-state index is 12.7. The summed E-state index contributed by atoms with van der Waals surface area (Å²) in [5.74, 6) is 0. The van der Waals surface area contributed by atoms with E-state index in [4.69, 9.17) is 4.74 Å². The van der Waals surface area contributed by atoms with Crippen molar-refractivity contribution in [3.63, 3.8) is 0 Å². The molecule has 1 aromatic rings. The molecule has 0 aromatic heterocycles. The number of carbonyl (C=O) groups is 1. The van der Waals surface area contributed by atoms with Crippen molar-refractivity contribution in [1.82, 2.24) is 9.80 Å². The highest BCUT2D eigenvalue weighted by atomic mass is 19.4. The van der Waals surface area contributed by atoms with Gasteiger partial charge in [0.1, 0.15) is 0 Å². The Morgan fingerprint density at radius 3 is 2.28 bits per heavy atom. The molecular formula is C21H24F6N2O3. The van der Waals surface area contributed by atoms with Crippen LogP contribution < -0.4 is 0 Å². The first-order chi connectivity index (χ1) is 15.0. The Balaban J connectivity index is 1.30. The third-order valence-corrected chi connectivity index (χ3v) is 6.60. The Morgan fingerprint density at radius 1 is 1.00 bits per heavy atom. The molecule has 3 aliphatic rings. The number of benzene rings is 1. The average molecular weight is 466 g/mol. The van der Waals surface area contributed by atoms with E-state index >= 15 is 0 Å². The van der Waals surface area contributed by atoms with Gasteiger partial charge >= 0.3 is 18.4 Å². The minimum atomic E-state index is -5.71. The standard InChI is InChI=1S/C21H24F6N2O3/c22-20(23,24)17(21(25,26)27)32-18(30)29-7-4-19(5-8-29)3-6-28(13-19)10-14-1-2-15-11-31-12-16(15)9-14/h1-2,9,17H,3-8,10-13H2. The zero-order valence-electron chi connectivity index (χ0n) is 17.3. The summed E-state index contributed by atoms with van der Waals surface area (Å²) in [6.45, 7) is 3.78. The number of alkyl halides is 6. The average Bonchev–Trinajstić information content (AvgIpc) is 3.31. The van der Waals surface area contributed by atoms with Crippen LogP contribution in [0.1, 0.15) is 36.0 Å². The van der Waals surface area contributed by atoms with Crippen molar-refractivity contribution in [2.45, 2.75) is 57.5 Å². The number of likely N-dealkylation sites (tertiary alicyclic amines) is 2. The lowest BCUT2D eigenvalue weighted by molar-refractivity contribution is -0.308. The number of halogens is 6. The van der Waals surface area contributed by atoms with Gasteiger partial charge in [-0.05, 0) is 47.9 Å². The summed E-state index contributed by atoms with van der Waals surface area (Å²) in [6, 6.07) is 6.29. The number of hydrogen-bond donors (Lipinski definition) is 0. The maximum Gasteiger partial charge on any atom is 0.434 e. The summed E-state index contributed by atoms with van der Waals surface area (Å²) in [7, 11) is 0. The van der Waals surface area contributed by atoms with Crippen LogP contribution in [0.5, 0.6) is 0 Å². The zero-order valence-corrected chi connectivity index (χ0v) is 17.3. The number of hydrogen-bond acceptors (Lipinski definition) is 4. The Labute approximate surface area is 181 Å². The molecule has 3 heterocycles. The Morgan fingerprint density at radius 2 is 1.62 bits per heavy atom. The Hall–Kier alpha value is -2.01. The van der Waals surface area contributed by atoms with Crippen molar-refractivity contribution in [3.8, 4) is 0 Å². The van der Waals surface area contributed by atoms with Gasteiger partial charge in [0.2, 0.25) is 0 Å². The largest absolute Gasteiger partial charge is 0.434 e. The van der Waals surface area contributed by atoms with E-state index in [1.54, 1.807) is 0 Å². The van der Waals surface area contributed by atoms with E-state index in [-0.39, 0.29) is 18.5 Å². The summed E-state index contributed by atoms with van der Waals surface area (Å²) in [5, 5.41) is 0. The molecule has 0 bridgehead atoms. The lowest BCUT2D eigenvalue weighted by Crippen LogP contribution is -2.50. The lowest BCUT2D eigenvalue weighted by Gasteiger charge is -2.39. The van der Waals surface area contributed by atoms with E-state index < -0.39 is 24.5 Å². The first-order valence-electron chi connectivity index (χ1n) is 10.5. The molecule has 0 aliphatic carbocycles. The number of ether oxygens (including phenoxy) is 2. The van der Waals surface area contributed by atoms with E-state index in [0.29, 0.717) is 26.1 Å². The van der Waals surface area contributed by atoms with E-state index in [1.807, 2.05) is 0 Å². The fraction of sp³-hybridized carbons (Fsp3) is 0.667. The highest BCUT2D eigenvalue weighted by molar-refractivity contribution is 5.68. The molecule has 2 saturated heterocycles. The molecule has 11 heteroatoms. The molecule has 0 saturated carbocycles. The number of carbonyl (C=O) groups excluding carboxylic acids is 1. The molecule has 1 aromatic carbocycles. The van der Waals surface area contributed by atoms with E-state index in [2.05, 4.69) is 27.8 Å². The molecule has 2 fully saturated rings. The lowest BCUT2D eigenvalue weighted by atomic mass is 9.78. The van der Waals surface area contributed by atoms with Gasteiger partial charge in [0, 0.05) is 26.2 Å². The van der Waals surface area contributed by atoms with Gasteiger partial charge in [0.25, 0.3) is 6.10 Å².